The van der Waals surface area contributed by atoms with Crippen molar-refractivity contribution in [1.29, 1.82) is 0 Å². The van der Waals surface area contributed by atoms with E-state index < -0.39 is 0 Å². The molecule has 3 heterocycles. The molecule has 25 heavy (non-hydrogen) atoms. The third kappa shape index (κ3) is 3.65. The maximum Gasteiger partial charge on any atom is 0.323 e. The zero-order valence-corrected chi connectivity index (χ0v) is 14.9. The highest BCUT2D eigenvalue weighted by Gasteiger charge is 2.30. The first-order valence-electron chi connectivity index (χ1n) is 8.20. The Balaban J connectivity index is 1.59. The Morgan fingerprint density at radius 1 is 1.44 bits per heavy atom. The molecule has 0 unspecified atom stereocenters. The quantitative estimate of drug-likeness (QED) is 0.788. The fourth-order valence-corrected chi connectivity index (χ4v) is 3.92. The number of hydrogen-bond donors (Lipinski definition) is 1. The summed E-state index contributed by atoms with van der Waals surface area (Å²) in [7, 11) is 0. The summed E-state index contributed by atoms with van der Waals surface area (Å²) in [4.78, 5) is 45.5. The predicted octanol–water partition coefficient (Wildman–Crippen LogP) is 0.460. The molecular weight excluding hydrogens is 342 g/mol. The number of hydrogen-bond acceptors (Lipinski definition) is 5. The van der Waals surface area contributed by atoms with Crippen LogP contribution < -0.4 is 10.2 Å². The van der Waals surface area contributed by atoms with Gasteiger partial charge in [0.25, 0.3) is 0 Å². The predicted molar refractivity (Wildman–Crippen MR) is 94.5 cm³/mol. The average Bonchev–Trinajstić information content (AvgIpc) is 3.22. The van der Waals surface area contributed by atoms with E-state index in [9.17, 15) is 14.4 Å². The largest absolute Gasteiger partial charge is 0.336 e. The average molecular weight is 363 g/mol. The molecule has 0 bridgehead atoms. The minimum absolute atomic E-state index is 0.0130. The number of piperazine rings is 1. The van der Waals surface area contributed by atoms with Gasteiger partial charge in [0.2, 0.25) is 11.8 Å². The van der Waals surface area contributed by atoms with Gasteiger partial charge in [-0.1, -0.05) is 6.58 Å². The van der Waals surface area contributed by atoms with Crippen LogP contribution in [0, 0.1) is 0 Å². The van der Waals surface area contributed by atoms with Crippen molar-refractivity contribution in [3.05, 3.63) is 23.7 Å². The highest BCUT2D eigenvalue weighted by Crippen LogP contribution is 2.23. The van der Waals surface area contributed by atoms with Crippen LogP contribution in [0.5, 0.6) is 0 Å². The fraction of sp³-hybridized carbons (Fsp3) is 0.500. The number of nitrogens with one attached hydrogen (secondary N) is 1. The summed E-state index contributed by atoms with van der Waals surface area (Å²) < 4.78 is 0. The molecule has 2 aliphatic heterocycles. The number of carbonyl (C=O) groups is 3. The van der Waals surface area contributed by atoms with E-state index in [1.165, 1.54) is 17.4 Å². The molecule has 2 fully saturated rings. The molecule has 2 aliphatic rings. The van der Waals surface area contributed by atoms with Crippen molar-refractivity contribution in [1.82, 2.24) is 20.1 Å². The molecule has 4 amide bonds. The Morgan fingerprint density at radius 3 is 2.88 bits per heavy atom. The first-order valence-corrected chi connectivity index (χ1v) is 9.08. The molecule has 0 aromatic carbocycles. The molecule has 0 spiro atoms. The second-order valence-corrected chi connectivity index (χ2v) is 6.94. The lowest BCUT2D eigenvalue weighted by atomic mass is 10.1. The lowest BCUT2D eigenvalue weighted by molar-refractivity contribution is -0.139. The van der Waals surface area contributed by atoms with E-state index in [4.69, 9.17) is 0 Å². The third-order valence-electron chi connectivity index (χ3n) is 4.39. The Bertz CT molecular complexity index is 704. The minimum Gasteiger partial charge on any atom is -0.336 e. The van der Waals surface area contributed by atoms with Crippen LogP contribution in [-0.2, 0) is 16.0 Å². The van der Waals surface area contributed by atoms with Gasteiger partial charge in [-0.2, -0.15) is 0 Å². The molecule has 1 atom stereocenters. The van der Waals surface area contributed by atoms with Crippen LogP contribution in [0.4, 0.5) is 9.93 Å². The zero-order chi connectivity index (χ0) is 18.0. The molecule has 0 saturated carbocycles. The van der Waals surface area contributed by atoms with Gasteiger partial charge in [0, 0.05) is 44.1 Å². The lowest BCUT2D eigenvalue weighted by Gasteiger charge is -2.39. The van der Waals surface area contributed by atoms with Gasteiger partial charge in [0.1, 0.15) is 0 Å². The molecule has 134 valence electrons. The minimum atomic E-state index is -0.149. The summed E-state index contributed by atoms with van der Waals surface area (Å²) >= 11 is 1.37. The van der Waals surface area contributed by atoms with Crippen LogP contribution in [0.1, 0.15) is 12.6 Å². The molecule has 1 N–H and O–H groups in total. The van der Waals surface area contributed by atoms with E-state index in [1.807, 2.05) is 12.3 Å². The number of thiazole rings is 1. The van der Waals surface area contributed by atoms with Crippen molar-refractivity contribution in [2.75, 3.05) is 37.6 Å². The van der Waals surface area contributed by atoms with Crippen molar-refractivity contribution < 1.29 is 14.4 Å². The van der Waals surface area contributed by atoms with Crippen molar-refractivity contribution in [2.45, 2.75) is 19.4 Å². The number of rotatable bonds is 4. The summed E-state index contributed by atoms with van der Waals surface area (Å²) in [5, 5.41) is 5.17. The standard InChI is InChI=1S/C16H21N5O3S/c1-3-13(22)19-6-7-20(11(2)9-19)14(23)8-12-10-25-16(18-12)21-5-4-17-15(21)24/h3,10-11H,1,4-9H2,2H3,(H,17,24)/t11-/m0/s1. The Morgan fingerprint density at radius 2 is 2.24 bits per heavy atom. The van der Waals surface area contributed by atoms with E-state index in [2.05, 4.69) is 16.9 Å². The van der Waals surface area contributed by atoms with E-state index >= 15 is 0 Å². The second-order valence-electron chi connectivity index (χ2n) is 6.11. The summed E-state index contributed by atoms with van der Waals surface area (Å²) in [5.74, 6) is -0.118. The van der Waals surface area contributed by atoms with Crippen LogP contribution in [0.3, 0.4) is 0 Å². The summed E-state index contributed by atoms with van der Waals surface area (Å²) in [5.41, 5.74) is 0.668. The smallest absolute Gasteiger partial charge is 0.323 e. The van der Waals surface area contributed by atoms with E-state index in [-0.39, 0.29) is 30.3 Å². The summed E-state index contributed by atoms with van der Waals surface area (Å²) in [6.45, 7) is 8.16. The monoisotopic (exact) mass is 363 g/mol. The van der Waals surface area contributed by atoms with Gasteiger partial charge in [-0.15, -0.1) is 11.3 Å². The SMILES string of the molecule is C=CC(=O)N1CCN(C(=O)Cc2csc(N3CCNC3=O)n2)[C@@H](C)C1. The fourth-order valence-electron chi connectivity index (χ4n) is 3.07. The number of amides is 4. The third-order valence-corrected chi connectivity index (χ3v) is 5.31. The number of anilines is 1. The topological polar surface area (TPSA) is 85.9 Å². The molecule has 0 radical (unpaired) electrons. The van der Waals surface area contributed by atoms with E-state index in [0.29, 0.717) is 43.5 Å². The molecule has 0 aliphatic carbocycles. The van der Waals surface area contributed by atoms with Crippen LogP contribution in [0.15, 0.2) is 18.0 Å². The zero-order valence-electron chi connectivity index (χ0n) is 14.1. The molecule has 1 aromatic heterocycles. The van der Waals surface area contributed by atoms with Gasteiger partial charge in [-0.25, -0.2) is 9.78 Å². The molecular formula is C16H21N5O3S. The molecule has 8 nitrogen and oxygen atoms in total. The van der Waals surface area contributed by atoms with Crippen molar-refractivity contribution in [3.8, 4) is 0 Å². The maximum atomic E-state index is 12.6. The number of carbonyl (C=O) groups excluding carboxylic acids is 3. The molecule has 3 rings (SSSR count). The number of aromatic nitrogens is 1. The summed E-state index contributed by atoms with van der Waals surface area (Å²) in [6, 6.07) is -0.198. The molecule has 9 heteroatoms. The Labute approximate surface area is 150 Å². The summed E-state index contributed by atoms with van der Waals surface area (Å²) in [6.07, 6.45) is 1.50. The second kappa shape index (κ2) is 7.22. The van der Waals surface area contributed by atoms with Gasteiger partial charge in [0.05, 0.1) is 12.1 Å². The van der Waals surface area contributed by atoms with Crippen LogP contribution in [0.2, 0.25) is 0 Å². The normalized spacial score (nSPS) is 20.6. The lowest BCUT2D eigenvalue weighted by Crippen LogP contribution is -2.55. The Hall–Kier alpha value is -2.42. The van der Waals surface area contributed by atoms with Gasteiger partial charge >= 0.3 is 6.03 Å². The van der Waals surface area contributed by atoms with Gasteiger partial charge in [0.15, 0.2) is 5.13 Å². The highest BCUT2D eigenvalue weighted by atomic mass is 32.1. The van der Waals surface area contributed by atoms with Crippen LogP contribution in [-0.4, -0.2) is 71.4 Å². The van der Waals surface area contributed by atoms with Crippen molar-refractivity contribution in [3.63, 3.8) is 0 Å². The van der Waals surface area contributed by atoms with Gasteiger partial charge in [-0.3, -0.25) is 14.5 Å². The maximum absolute atomic E-state index is 12.6. The first kappa shape index (κ1) is 17.4. The van der Waals surface area contributed by atoms with Gasteiger partial charge in [-0.05, 0) is 13.0 Å². The first-order chi connectivity index (χ1) is 12.0. The van der Waals surface area contributed by atoms with Gasteiger partial charge < -0.3 is 15.1 Å². The van der Waals surface area contributed by atoms with Crippen LogP contribution in [0.25, 0.3) is 0 Å². The number of urea groups is 1. The molecule has 1 aromatic rings. The van der Waals surface area contributed by atoms with Crippen molar-refractivity contribution in [2.24, 2.45) is 0 Å². The van der Waals surface area contributed by atoms with Crippen molar-refractivity contribution >= 4 is 34.3 Å². The highest BCUT2D eigenvalue weighted by molar-refractivity contribution is 7.14. The van der Waals surface area contributed by atoms with E-state index in [1.54, 1.807) is 14.7 Å². The number of nitrogens with zero attached hydrogens (tertiary/aromatic N) is 4. The van der Waals surface area contributed by atoms with Crippen LogP contribution >= 0.6 is 11.3 Å². The Kier molecular flexibility index (Phi) is 5.03. The molecule has 2 saturated heterocycles. The van der Waals surface area contributed by atoms with E-state index in [0.717, 1.165) is 0 Å².